The van der Waals surface area contributed by atoms with Gasteiger partial charge in [-0.15, -0.1) is 0 Å². The van der Waals surface area contributed by atoms with E-state index in [-0.39, 0.29) is 11.5 Å². The molecule has 170 valence electrons. The van der Waals surface area contributed by atoms with E-state index in [2.05, 4.69) is 10.2 Å². The minimum Gasteiger partial charge on any atom is -0.497 e. The lowest BCUT2D eigenvalue weighted by molar-refractivity contribution is 0.0696. The van der Waals surface area contributed by atoms with E-state index in [4.69, 9.17) is 9.47 Å². The first-order chi connectivity index (χ1) is 16.5. The normalized spacial score (nSPS) is 14.7. The molecule has 5 rings (SSSR count). The van der Waals surface area contributed by atoms with Crippen LogP contribution in [0.1, 0.15) is 38.0 Å². The van der Waals surface area contributed by atoms with E-state index in [9.17, 15) is 14.7 Å². The van der Waals surface area contributed by atoms with Gasteiger partial charge in [0.05, 0.1) is 31.5 Å². The Balaban J connectivity index is 1.73. The monoisotopic (exact) mass is 455 g/mol. The predicted octanol–water partition coefficient (Wildman–Crippen LogP) is 4.54. The van der Waals surface area contributed by atoms with Crippen molar-refractivity contribution >= 4 is 17.6 Å². The van der Waals surface area contributed by atoms with Gasteiger partial charge in [0.25, 0.3) is 5.91 Å². The van der Waals surface area contributed by atoms with Crippen LogP contribution in [0.3, 0.4) is 0 Å². The van der Waals surface area contributed by atoms with Crippen LogP contribution in [0.15, 0.2) is 72.8 Å². The number of hydrogen-bond donors (Lipinski definition) is 2. The molecule has 2 N–H and O–H groups in total. The number of nitrogens with one attached hydrogen (secondary N) is 1. The number of carboxylic acids is 1. The number of carbonyl (C=O) groups excluding carboxylic acids is 1. The molecule has 8 heteroatoms. The molecule has 2 heterocycles. The number of fused-ring (bicyclic) bond motifs is 1. The van der Waals surface area contributed by atoms with Crippen molar-refractivity contribution in [1.29, 1.82) is 0 Å². The zero-order valence-corrected chi connectivity index (χ0v) is 18.5. The highest BCUT2D eigenvalue weighted by molar-refractivity contribution is 6.12. The first kappa shape index (κ1) is 21.3. The van der Waals surface area contributed by atoms with E-state index in [1.165, 1.54) is 12.1 Å². The maximum absolute atomic E-state index is 13.6. The highest BCUT2D eigenvalue weighted by Gasteiger charge is 2.44. The number of hydrogen-bond acceptors (Lipinski definition) is 5. The van der Waals surface area contributed by atoms with Gasteiger partial charge in [0, 0.05) is 28.4 Å². The van der Waals surface area contributed by atoms with Gasteiger partial charge in [0.15, 0.2) is 0 Å². The molecule has 3 aromatic carbocycles. The molecule has 1 aliphatic rings. The summed E-state index contributed by atoms with van der Waals surface area (Å²) < 4.78 is 11.0. The van der Waals surface area contributed by atoms with Gasteiger partial charge in [-0.05, 0) is 36.4 Å². The molecule has 0 saturated heterocycles. The van der Waals surface area contributed by atoms with Crippen LogP contribution >= 0.6 is 0 Å². The lowest BCUT2D eigenvalue weighted by Crippen LogP contribution is -2.29. The largest absolute Gasteiger partial charge is 0.497 e. The van der Waals surface area contributed by atoms with Crippen LogP contribution in [-0.4, -0.2) is 41.4 Å². The number of carboxylic acid groups (broad SMARTS) is 1. The van der Waals surface area contributed by atoms with Crippen molar-refractivity contribution in [3.8, 4) is 22.8 Å². The quantitative estimate of drug-likeness (QED) is 0.442. The standard InChI is InChI=1S/C26H21N3O5/c1-33-18-12-13-19(20(14-18)34-2)24-21-22(15-6-4-3-5-7-15)27-28-23(21)25(30)29(24)17-10-8-16(9-11-17)26(31)32/h3-14,24H,1-2H3,(H,27,28)(H,31,32)/t24-/m0/s1. The van der Waals surface area contributed by atoms with Gasteiger partial charge in [0.1, 0.15) is 17.2 Å². The Hall–Kier alpha value is -4.59. The lowest BCUT2D eigenvalue weighted by atomic mass is 9.95. The number of aromatic carboxylic acids is 1. The Morgan fingerprint density at radius 1 is 1.00 bits per heavy atom. The summed E-state index contributed by atoms with van der Waals surface area (Å²) in [7, 11) is 3.14. The highest BCUT2D eigenvalue weighted by atomic mass is 16.5. The smallest absolute Gasteiger partial charge is 0.335 e. The molecule has 1 aliphatic heterocycles. The van der Waals surface area contributed by atoms with Crippen LogP contribution < -0.4 is 14.4 Å². The zero-order valence-electron chi connectivity index (χ0n) is 18.5. The fourth-order valence-electron chi connectivity index (χ4n) is 4.33. The van der Waals surface area contributed by atoms with E-state index in [1.807, 2.05) is 42.5 Å². The summed E-state index contributed by atoms with van der Waals surface area (Å²) in [6.07, 6.45) is 0. The van der Waals surface area contributed by atoms with Gasteiger partial charge in [0.2, 0.25) is 0 Å². The van der Waals surface area contributed by atoms with Crippen molar-refractivity contribution in [3.63, 3.8) is 0 Å². The number of amides is 1. The van der Waals surface area contributed by atoms with Crippen LogP contribution in [0.5, 0.6) is 11.5 Å². The summed E-state index contributed by atoms with van der Waals surface area (Å²) in [6, 6.07) is 20.7. The third-order valence-corrected chi connectivity index (χ3v) is 5.94. The molecule has 0 radical (unpaired) electrons. The third-order valence-electron chi connectivity index (χ3n) is 5.94. The summed E-state index contributed by atoms with van der Waals surface area (Å²) in [5.74, 6) is -0.126. The van der Waals surface area contributed by atoms with Crippen molar-refractivity contribution < 1.29 is 24.2 Å². The summed E-state index contributed by atoms with van der Waals surface area (Å²) in [4.78, 5) is 26.6. The molecule has 1 amide bonds. The van der Waals surface area contributed by atoms with Gasteiger partial charge in [-0.2, -0.15) is 5.10 Å². The third kappa shape index (κ3) is 3.36. The summed E-state index contributed by atoms with van der Waals surface area (Å²) >= 11 is 0. The number of H-pyrrole nitrogens is 1. The van der Waals surface area contributed by atoms with Crippen LogP contribution in [0.4, 0.5) is 5.69 Å². The first-order valence-electron chi connectivity index (χ1n) is 10.6. The maximum atomic E-state index is 13.6. The van der Waals surface area contributed by atoms with Gasteiger partial charge in [-0.1, -0.05) is 30.3 Å². The predicted molar refractivity (Wildman–Crippen MR) is 126 cm³/mol. The van der Waals surface area contributed by atoms with Crippen molar-refractivity contribution in [3.05, 3.63) is 95.2 Å². The molecule has 0 unspecified atom stereocenters. The number of ether oxygens (including phenoxy) is 2. The molecule has 34 heavy (non-hydrogen) atoms. The fourth-order valence-corrected chi connectivity index (χ4v) is 4.33. The molecule has 0 saturated carbocycles. The average molecular weight is 455 g/mol. The van der Waals surface area contributed by atoms with E-state index < -0.39 is 12.0 Å². The second-order valence-electron chi connectivity index (χ2n) is 7.76. The fraction of sp³-hybridized carbons (Fsp3) is 0.115. The second-order valence-corrected chi connectivity index (χ2v) is 7.76. The number of rotatable bonds is 6. The Morgan fingerprint density at radius 3 is 2.38 bits per heavy atom. The Labute approximate surface area is 195 Å². The number of nitrogens with zero attached hydrogens (tertiary/aromatic N) is 2. The number of anilines is 1. The Kier molecular flexibility index (Phi) is 5.25. The van der Waals surface area contributed by atoms with Gasteiger partial charge in [-0.25, -0.2) is 4.79 Å². The molecule has 1 aromatic heterocycles. The number of aromatic nitrogens is 2. The van der Waals surface area contributed by atoms with Crippen molar-refractivity contribution in [2.75, 3.05) is 19.1 Å². The molecule has 0 aliphatic carbocycles. The van der Waals surface area contributed by atoms with E-state index in [1.54, 1.807) is 37.3 Å². The Bertz CT molecular complexity index is 1380. The van der Waals surface area contributed by atoms with Crippen LogP contribution in [0.25, 0.3) is 11.3 Å². The van der Waals surface area contributed by atoms with Crippen molar-refractivity contribution in [2.24, 2.45) is 0 Å². The van der Waals surface area contributed by atoms with Gasteiger partial charge >= 0.3 is 5.97 Å². The second kappa shape index (κ2) is 8.40. The first-order valence-corrected chi connectivity index (χ1v) is 10.6. The molecular weight excluding hydrogens is 434 g/mol. The molecule has 0 spiro atoms. The number of methoxy groups -OCH3 is 2. The van der Waals surface area contributed by atoms with E-state index in [0.717, 1.165) is 16.7 Å². The Morgan fingerprint density at radius 2 is 1.74 bits per heavy atom. The summed E-state index contributed by atoms with van der Waals surface area (Å²) in [5, 5.41) is 16.7. The van der Waals surface area contributed by atoms with Gasteiger partial charge in [-0.3, -0.25) is 14.8 Å². The maximum Gasteiger partial charge on any atom is 0.335 e. The van der Waals surface area contributed by atoms with Crippen molar-refractivity contribution in [2.45, 2.75) is 6.04 Å². The van der Waals surface area contributed by atoms with E-state index in [0.29, 0.717) is 28.6 Å². The molecule has 8 nitrogen and oxygen atoms in total. The summed E-state index contributed by atoms with van der Waals surface area (Å²) in [5.41, 5.74) is 4.08. The summed E-state index contributed by atoms with van der Waals surface area (Å²) in [6.45, 7) is 0. The minimum absolute atomic E-state index is 0.138. The van der Waals surface area contributed by atoms with Crippen LogP contribution in [0, 0.1) is 0 Å². The van der Waals surface area contributed by atoms with Crippen LogP contribution in [-0.2, 0) is 0 Å². The molecular formula is C26H21N3O5. The zero-order chi connectivity index (χ0) is 23.8. The van der Waals surface area contributed by atoms with E-state index >= 15 is 0 Å². The number of aromatic amines is 1. The molecule has 0 bridgehead atoms. The average Bonchev–Trinajstić information content (AvgIpc) is 3.43. The SMILES string of the molecule is COc1ccc([C@H]2c3c(-c4ccccc4)n[nH]c3C(=O)N2c2ccc(C(=O)O)cc2)c(OC)c1. The molecule has 4 aromatic rings. The number of benzene rings is 3. The number of carbonyl (C=O) groups is 2. The highest BCUT2D eigenvalue weighted by Crippen LogP contribution is 2.47. The topological polar surface area (TPSA) is 105 Å². The van der Waals surface area contributed by atoms with Crippen LogP contribution in [0.2, 0.25) is 0 Å². The van der Waals surface area contributed by atoms with Gasteiger partial charge < -0.3 is 14.6 Å². The molecule has 0 fully saturated rings. The lowest BCUT2D eigenvalue weighted by Gasteiger charge is -2.28. The minimum atomic E-state index is -1.03. The molecule has 1 atom stereocenters. The van der Waals surface area contributed by atoms with Crippen molar-refractivity contribution in [1.82, 2.24) is 10.2 Å².